The highest BCUT2D eigenvalue weighted by atomic mass is 16.5. The fourth-order valence-corrected chi connectivity index (χ4v) is 2.36. The van der Waals surface area contributed by atoms with Crippen molar-refractivity contribution < 1.29 is 9.47 Å². The van der Waals surface area contributed by atoms with Gasteiger partial charge in [0.2, 0.25) is 0 Å². The van der Waals surface area contributed by atoms with Crippen LogP contribution in [0.25, 0.3) is 0 Å². The fraction of sp³-hybridized carbons (Fsp3) is 0.571. The smallest absolute Gasteiger partial charge is 0.0700 e. The average Bonchev–Trinajstić information content (AvgIpc) is 2.79. The largest absolute Gasteiger partial charge is 0.398 e. The van der Waals surface area contributed by atoms with Gasteiger partial charge in [0.05, 0.1) is 13.2 Å². The molecule has 100 valence electrons. The number of hydrogen-bond donors (Lipinski definition) is 1. The van der Waals surface area contributed by atoms with Crippen molar-refractivity contribution >= 4 is 11.4 Å². The van der Waals surface area contributed by atoms with Gasteiger partial charge in [-0.15, -0.1) is 0 Å². The van der Waals surface area contributed by atoms with Crippen molar-refractivity contribution in [1.82, 2.24) is 0 Å². The summed E-state index contributed by atoms with van der Waals surface area (Å²) in [7, 11) is 1.69. The maximum Gasteiger partial charge on any atom is 0.0700 e. The van der Waals surface area contributed by atoms with E-state index in [2.05, 4.69) is 11.0 Å². The van der Waals surface area contributed by atoms with Crippen LogP contribution in [0.5, 0.6) is 0 Å². The number of nitrogens with two attached hydrogens (primary N) is 1. The topological polar surface area (TPSA) is 47.7 Å². The molecule has 0 aromatic heterocycles. The Morgan fingerprint density at radius 3 is 3.00 bits per heavy atom. The molecule has 0 atom stereocenters. The quantitative estimate of drug-likeness (QED) is 0.591. The SMILES string of the molecule is COCCOCCCN1CCc2c(N)cccc21. The molecule has 1 heterocycles. The zero-order chi connectivity index (χ0) is 12.8. The molecule has 0 fully saturated rings. The van der Waals surface area contributed by atoms with Crippen LogP contribution in [0.15, 0.2) is 18.2 Å². The number of benzene rings is 1. The molecule has 1 aromatic rings. The molecule has 4 heteroatoms. The van der Waals surface area contributed by atoms with Crippen LogP contribution in [-0.4, -0.2) is 40.0 Å². The van der Waals surface area contributed by atoms with Crippen molar-refractivity contribution in [3.8, 4) is 0 Å². The summed E-state index contributed by atoms with van der Waals surface area (Å²) in [5, 5.41) is 0. The number of fused-ring (bicyclic) bond motifs is 1. The third kappa shape index (κ3) is 3.15. The second-order valence-corrected chi connectivity index (χ2v) is 4.54. The molecule has 1 aliphatic heterocycles. The van der Waals surface area contributed by atoms with Crippen LogP contribution in [0.1, 0.15) is 12.0 Å². The van der Waals surface area contributed by atoms with Crippen molar-refractivity contribution in [2.45, 2.75) is 12.8 Å². The standard InChI is InChI=1S/C14H22N2O2/c1-17-10-11-18-9-3-7-16-8-6-12-13(15)4-2-5-14(12)16/h2,4-5H,3,6-11,15H2,1H3. The van der Waals surface area contributed by atoms with Crippen LogP contribution < -0.4 is 10.6 Å². The highest BCUT2D eigenvalue weighted by Gasteiger charge is 2.19. The molecule has 0 amide bonds. The first kappa shape index (κ1) is 13.2. The molecule has 1 aliphatic rings. The summed E-state index contributed by atoms with van der Waals surface area (Å²) in [5.74, 6) is 0. The van der Waals surface area contributed by atoms with E-state index in [1.165, 1.54) is 11.3 Å². The zero-order valence-corrected chi connectivity index (χ0v) is 11.0. The van der Waals surface area contributed by atoms with Crippen molar-refractivity contribution in [3.05, 3.63) is 23.8 Å². The molecule has 1 aromatic carbocycles. The first-order chi connectivity index (χ1) is 8.83. The van der Waals surface area contributed by atoms with E-state index in [0.717, 1.165) is 38.2 Å². The van der Waals surface area contributed by atoms with E-state index in [1.54, 1.807) is 7.11 Å². The van der Waals surface area contributed by atoms with Crippen molar-refractivity contribution in [2.24, 2.45) is 0 Å². The van der Waals surface area contributed by atoms with Crippen molar-refractivity contribution in [3.63, 3.8) is 0 Å². The number of anilines is 2. The van der Waals surface area contributed by atoms with E-state index < -0.39 is 0 Å². The molecular formula is C14H22N2O2. The third-order valence-corrected chi connectivity index (χ3v) is 3.31. The van der Waals surface area contributed by atoms with E-state index in [1.807, 2.05) is 12.1 Å². The summed E-state index contributed by atoms with van der Waals surface area (Å²) in [6.45, 7) is 4.24. The first-order valence-corrected chi connectivity index (χ1v) is 6.52. The molecule has 0 radical (unpaired) electrons. The van der Waals surface area contributed by atoms with E-state index in [-0.39, 0.29) is 0 Å². The molecule has 0 saturated heterocycles. The van der Waals surface area contributed by atoms with Crippen LogP contribution in [0.3, 0.4) is 0 Å². The molecule has 2 rings (SSSR count). The van der Waals surface area contributed by atoms with Gasteiger partial charge in [-0.25, -0.2) is 0 Å². The Morgan fingerprint density at radius 1 is 1.28 bits per heavy atom. The average molecular weight is 250 g/mol. The van der Waals surface area contributed by atoms with E-state index >= 15 is 0 Å². The lowest BCUT2D eigenvalue weighted by atomic mass is 10.1. The lowest BCUT2D eigenvalue weighted by molar-refractivity contribution is 0.0701. The van der Waals surface area contributed by atoms with Gasteiger partial charge in [-0.1, -0.05) is 6.07 Å². The minimum Gasteiger partial charge on any atom is -0.398 e. The summed E-state index contributed by atoms with van der Waals surface area (Å²) in [6.07, 6.45) is 2.10. The summed E-state index contributed by atoms with van der Waals surface area (Å²) in [5.41, 5.74) is 9.50. The second-order valence-electron chi connectivity index (χ2n) is 4.54. The van der Waals surface area contributed by atoms with E-state index in [4.69, 9.17) is 15.2 Å². The van der Waals surface area contributed by atoms with Crippen LogP contribution in [0.2, 0.25) is 0 Å². The predicted molar refractivity (Wildman–Crippen MR) is 74.1 cm³/mol. The van der Waals surface area contributed by atoms with Gasteiger partial charge >= 0.3 is 0 Å². The van der Waals surface area contributed by atoms with Crippen LogP contribution in [0, 0.1) is 0 Å². The Labute approximate surface area is 109 Å². The summed E-state index contributed by atoms with van der Waals surface area (Å²) >= 11 is 0. The predicted octanol–water partition coefficient (Wildman–Crippen LogP) is 1.68. The summed E-state index contributed by atoms with van der Waals surface area (Å²) < 4.78 is 10.4. The summed E-state index contributed by atoms with van der Waals surface area (Å²) in [4.78, 5) is 2.39. The van der Waals surface area contributed by atoms with Gasteiger partial charge in [0.1, 0.15) is 0 Å². The van der Waals surface area contributed by atoms with Gasteiger partial charge in [0.25, 0.3) is 0 Å². The maximum atomic E-state index is 5.98. The molecule has 0 saturated carbocycles. The normalized spacial score (nSPS) is 13.9. The zero-order valence-electron chi connectivity index (χ0n) is 11.0. The minimum atomic E-state index is 0.670. The van der Waals surface area contributed by atoms with Gasteiger partial charge in [-0.05, 0) is 25.0 Å². The number of hydrogen-bond acceptors (Lipinski definition) is 4. The van der Waals surface area contributed by atoms with Gasteiger partial charge < -0.3 is 20.1 Å². The lowest BCUT2D eigenvalue weighted by Gasteiger charge is -2.19. The molecular weight excluding hydrogens is 228 g/mol. The highest BCUT2D eigenvalue weighted by molar-refractivity contribution is 5.68. The van der Waals surface area contributed by atoms with Gasteiger partial charge in [0, 0.05) is 43.7 Å². The Balaban J connectivity index is 1.75. The molecule has 0 unspecified atom stereocenters. The fourth-order valence-electron chi connectivity index (χ4n) is 2.36. The Morgan fingerprint density at radius 2 is 2.17 bits per heavy atom. The van der Waals surface area contributed by atoms with Gasteiger partial charge in [-0.2, -0.15) is 0 Å². The lowest BCUT2D eigenvalue weighted by Crippen LogP contribution is -2.23. The number of ether oxygens (including phenoxy) is 2. The van der Waals surface area contributed by atoms with Gasteiger partial charge in [-0.3, -0.25) is 0 Å². The van der Waals surface area contributed by atoms with E-state index in [9.17, 15) is 0 Å². The number of nitrogens with zero attached hydrogens (tertiary/aromatic N) is 1. The van der Waals surface area contributed by atoms with Crippen molar-refractivity contribution in [1.29, 1.82) is 0 Å². The van der Waals surface area contributed by atoms with Crippen molar-refractivity contribution in [2.75, 3.05) is 50.7 Å². The number of nitrogen functional groups attached to an aromatic ring is 1. The Hall–Kier alpha value is -1.26. The third-order valence-electron chi connectivity index (χ3n) is 3.31. The minimum absolute atomic E-state index is 0.670. The van der Waals surface area contributed by atoms with Gasteiger partial charge in [0.15, 0.2) is 0 Å². The number of methoxy groups -OCH3 is 1. The van der Waals surface area contributed by atoms with Crippen LogP contribution in [-0.2, 0) is 15.9 Å². The Bertz CT molecular complexity index is 382. The molecule has 0 bridgehead atoms. The Kier molecular flexibility index (Phi) is 4.84. The molecule has 18 heavy (non-hydrogen) atoms. The first-order valence-electron chi connectivity index (χ1n) is 6.52. The molecule has 0 spiro atoms. The summed E-state index contributed by atoms with van der Waals surface area (Å²) in [6, 6.07) is 6.17. The molecule has 0 aliphatic carbocycles. The number of rotatable bonds is 7. The van der Waals surface area contributed by atoms with Crippen LogP contribution in [0.4, 0.5) is 11.4 Å². The monoisotopic (exact) mass is 250 g/mol. The molecule has 2 N–H and O–H groups in total. The highest BCUT2D eigenvalue weighted by Crippen LogP contribution is 2.31. The maximum absolute atomic E-state index is 5.98. The van der Waals surface area contributed by atoms with Crippen LogP contribution >= 0.6 is 0 Å². The second kappa shape index (κ2) is 6.61. The van der Waals surface area contributed by atoms with E-state index in [0.29, 0.717) is 13.2 Å². The molecule has 4 nitrogen and oxygen atoms in total.